The van der Waals surface area contributed by atoms with E-state index >= 15 is 0 Å². The van der Waals surface area contributed by atoms with Gasteiger partial charge in [0.25, 0.3) is 0 Å². The second-order valence-corrected chi connectivity index (χ2v) is 6.93. The lowest BCUT2D eigenvalue weighted by Gasteiger charge is -2.33. The number of hydrogen-bond donors (Lipinski definition) is 3. The van der Waals surface area contributed by atoms with Crippen LogP contribution in [0, 0.1) is 5.92 Å². The van der Waals surface area contributed by atoms with Crippen LogP contribution in [0.3, 0.4) is 0 Å². The third-order valence-corrected chi connectivity index (χ3v) is 4.57. The number of amides is 3. The molecule has 1 aromatic carbocycles. The molecule has 26 heavy (non-hydrogen) atoms. The van der Waals surface area contributed by atoms with Crippen LogP contribution in [0.25, 0.3) is 0 Å². The van der Waals surface area contributed by atoms with Crippen molar-refractivity contribution in [1.82, 2.24) is 10.2 Å². The predicted octanol–water partition coefficient (Wildman–Crippen LogP) is 2.08. The highest BCUT2D eigenvalue weighted by molar-refractivity contribution is 6.34. The van der Waals surface area contributed by atoms with Gasteiger partial charge in [-0.15, -0.1) is 0 Å². The number of rotatable bonds is 6. The highest BCUT2D eigenvalue weighted by Crippen LogP contribution is 2.26. The summed E-state index contributed by atoms with van der Waals surface area (Å²) in [6, 6.07) is 4.42. The van der Waals surface area contributed by atoms with E-state index in [1.807, 2.05) is 11.8 Å². The van der Waals surface area contributed by atoms with Gasteiger partial charge in [0.15, 0.2) is 0 Å². The number of carbonyl (C=O) groups is 3. The molecule has 0 bridgehead atoms. The largest absolute Gasteiger partial charge is 0.353 e. The molecule has 1 fully saturated rings. The van der Waals surface area contributed by atoms with E-state index in [4.69, 9.17) is 11.6 Å². The van der Waals surface area contributed by atoms with Crippen molar-refractivity contribution in [2.45, 2.75) is 33.2 Å². The Balaban J connectivity index is 1.99. The second-order valence-electron chi connectivity index (χ2n) is 6.53. The Morgan fingerprint density at radius 1 is 1.35 bits per heavy atom. The van der Waals surface area contributed by atoms with Crippen LogP contribution in [0.1, 0.15) is 27.2 Å². The van der Waals surface area contributed by atoms with Crippen molar-refractivity contribution in [2.24, 2.45) is 5.92 Å². The van der Waals surface area contributed by atoms with Gasteiger partial charge in [-0.05, 0) is 24.7 Å². The molecule has 1 atom stereocenters. The number of likely N-dealkylation sites (N-methyl/N-ethyl adjacent to an activating group) is 1. The summed E-state index contributed by atoms with van der Waals surface area (Å²) in [5.74, 6) is -0.682. The number of hydrogen-bond acceptors (Lipinski definition) is 4. The maximum absolute atomic E-state index is 12.3. The third kappa shape index (κ3) is 5.19. The van der Waals surface area contributed by atoms with Crippen molar-refractivity contribution in [3.63, 3.8) is 0 Å². The summed E-state index contributed by atoms with van der Waals surface area (Å²) >= 11 is 6.18. The molecule has 2 rings (SSSR count). The van der Waals surface area contributed by atoms with E-state index in [0.29, 0.717) is 29.5 Å². The average Bonchev–Trinajstić information content (AvgIpc) is 2.58. The maximum atomic E-state index is 12.3. The van der Waals surface area contributed by atoms with Crippen molar-refractivity contribution in [2.75, 3.05) is 30.3 Å². The fraction of sp³-hybridized carbons (Fsp3) is 0.500. The molecule has 3 amide bonds. The smallest absolute Gasteiger partial charge is 0.237 e. The molecule has 3 N–H and O–H groups in total. The Bertz CT molecular complexity index is 693. The number of benzene rings is 1. The van der Waals surface area contributed by atoms with Crippen molar-refractivity contribution in [1.29, 1.82) is 0 Å². The summed E-state index contributed by atoms with van der Waals surface area (Å²) in [5, 5.41) is 8.61. The van der Waals surface area contributed by atoms with Crippen molar-refractivity contribution < 1.29 is 14.4 Å². The molecular weight excluding hydrogens is 356 g/mol. The van der Waals surface area contributed by atoms with Crippen LogP contribution in [0.5, 0.6) is 0 Å². The molecule has 1 aromatic rings. The molecule has 7 nitrogen and oxygen atoms in total. The third-order valence-electron chi connectivity index (χ3n) is 4.26. The van der Waals surface area contributed by atoms with E-state index < -0.39 is 6.04 Å². The molecule has 1 aliphatic heterocycles. The molecular formula is C18H25ClN4O3. The molecule has 0 aliphatic carbocycles. The van der Waals surface area contributed by atoms with Crippen LogP contribution in [-0.2, 0) is 14.4 Å². The lowest BCUT2D eigenvalue weighted by Crippen LogP contribution is -2.56. The Labute approximate surface area is 158 Å². The van der Waals surface area contributed by atoms with Gasteiger partial charge in [0.2, 0.25) is 17.7 Å². The van der Waals surface area contributed by atoms with Gasteiger partial charge in [0, 0.05) is 24.7 Å². The summed E-state index contributed by atoms with van der Waals surface area (Å²) in [7, 11) is 0. The molecule has 1 heterocycles. The van der Waals surface area contributed by atoms with E-state index in [1.54, 1.807) is 32.0 Å². The summed E-state index contributed by atoms with van der Waals surface area (Å²) in [4.78, 5) is 38.1. The van der Waals surface area contributed by atoms with Gasteiger partial charge in [0.1, 0.15) is 0 Å². The number of nitrogens with zero attached hydrogens (tertiary/aromatic N) is 1. The molecule has 1 aliphatic rings. The Hall–Kier alpha value is -2.12. The molecule has 0 aromatic heterocycles. The molecule has 1 saturated heterocycles. The first-order chi connectivity index (χ1) is 12.3. The first kappa shape index (κ1) is 20.2. The van der Waals surface area contributed by atoms with E-state index in [-0.39, 0.29) is 30.1 Å². The monoisotopic (exact) mass is 380 g/mol. The van der Waals surface area contributed by atoms with E-state index in [1.165, 1.54) is 0 Å². The van der Waals surface area contributed by atoms with Crippen LogP contribution in [-0.4, -0.2) is 48.3 Å². The molecule has 1 unspecified atom stereocenters. The van der Waals surface area contributed by atoms with Crippen LogP contribution in [0.2, 0.25) is 5.02 Å². The van der Waals surface area contributed by atoms with Crippen LogP contribution in [0.15, 0.2) is 18.2 Å². The minimum absolute atomic E-state index is 0.0725. The van der Waals surface area contributed by atoms with Gasteiger partial charge in [-0.25, -0.2) is 0 Å². The maximum Gasteiger partial charge on any atom is 0.237 e. The van der Waals surface area contributed by atoms with Gasteiger partial charge in [-0.3, -0.25) is 19.3 Å². The summed E-state index contributed by atoms with van der Waals surface area (Å²) < 4.78 is 0. The van der Waals surface area contributed by atoms with Crippen molar-refractivity contribution in [3.05, 3.63) is 23.2 Å². The second kappa shape index (κ2) is 9.00. The predicted molar refractivity (Wildman–Crippen MR) is 102 cm³/mol. The topological polar surface area (TPSA) is 90.5 Å². The lowest BCUT2D eigenvalue weighted by atomic mass is 10.1. The zero-order valence-corrected chi connectivity index (χ0v) is 16.0. The van der Waals surface area contributed by atoms with Gasteiger partial charge in [0.05, 0.1) is 23.2 Å². The van der Waals surface area contributed by atoms with Crippen molar-refractivity contribution >= 4 is 40.7 Å². The van der Waals surface area contributed by atoms with Gasteiger partial charge in [-0.2, -0.15) is 0 Å². The number of nitrogens with one attached hydrogen (secondary N) is 3. The Kier molecular flexibility index (Phi) is 6.99. The summed E-state index contributed by atoms with van der Waals surface area (Å²) in [6.07, 6.45) is 0.0725. The number of anilines is 2. The molecule has 0 spiro atoms. The minimum atomic E-state index is -0.464. The first-order valence-electron chi connectivity index (χ1n) is 8.73. The fourth-order valence-corrected chi connectivity index (χ4v) is 2.95. The zero-order chi connectivity index (χ0) is 19.3. The zero-order valence-electron chi connectivity index (χ0n) is 15.3. The first-order valence-corrected chi connectivity index (χ1v) is 9.11. The van der Waals surface area contributed by atoms with E-state index in [9.17, 15) is 14.4 Å². The molecule has 8 heteroatoms. The average molecular weight is 381 g/mol. The standard InChI is InChI=1S/C18H25ClN4O3/c1-4-23-8-7-20-18(26)15(23)10-16(24)21-12-5-6-14(13(19)9-12)22-17(25)11(2)3/h5-6,9,11,15H,4,7-8,10H2,1-3H3,(H,20,26)(H,21,24)(H,22,25). The van der Waals surface area contributed by atoms with Crippen LogP contribution < -0.4 is 16.0 Å². The van der Waals surface area contributed by atoms with Crippen molar-refractivity contribution in [3.8, 4) is 0 Å². The van der Waals surface area contributed by atoms with Crippen LogP contribution in [0.4, 0.5) is 11.4 Å². The molecule has 142 valence electrons. The summed E-state index contributed by atoms with van der Waals surface area (Å²) in [5.41, 5.74) is 1.01. The van der Waals surface area contributed by atoms with Gasteiger partial charge in [-0.1, -0.05) is 32.4 Å². The lowest BCUT2D eigenvalue weighted by molar-refractivity contribution is -0.132. The normalized spacial score (nSPS) is 17.7. The Morgan fingerprint density at radius 3 is 2.69 bits per heavy atom. The van der Waals surface area contributed by atoms with Gasteiger partial charge < -0.3 is 16.0 Å². The quantitative estimate of drug-likeness (QED) is 0.704. The number of piperazine rings is 1. The number of halogens is 1. The molecule has 0 radical (unpaired) electrons. The number of carbonyl (C=O) groups excluding carboxylic acids is 3. The highest BCUT2D eigenvalue weighted by Gasteiger charge is 2.30. The Morgan fingerprint density at radius 2 is 2.08 bits per heavy atom. The fourth-order valence-electron chi connectivity index (χ4n) is 2.72. The van der Waals surface area contributed by atoms with E-state index in [2.05, 4.69) is 16.0 Å². The highest BCUT2D eigenvalue weighted by atomic mass is 35.5. The van der Waals surface area contributed by atoms with Gasteiger partial charge >= 0.3 is 0 Å². The molecule has 0 saturated carbocycles. The summed E-state index contributed by atoms with van der Waals surface area (Å²) in [6.45, 7) is 7.59. The minimum Gasteiger partial charge on any atom is -0.353 e. The van der Waals surface area contributed by atoms with E-state index in [0.717, 1.165) is 6.54 Å². The van der Waals surface area contributed by atoms with Crippen LogP contribution >= 0.6 is 11.6 Å². The SMILES string of the molecule is CCN1CCNC(=O)C1CC(=O)Nc1ccc(NC(=O)C(C)C)c(Cl)c1.